The Hall–Kier alpha value is -0.620. The van der Waals surface area contributed by atoms with Crippen LogP contribution in [0.3, 0.4) is 0 Å². The smallest absolute Gasteiger partial charge is 0.306 e. The van der Waals surface area contributed by atoms with Gasteiger partial charge in [-0.25, -0.2) is 8.42 Å². The Labute approximate surface area is 116 Å². The van der Waals surface area contributed by atoms with Crippen LogP contribution >= 0.6 is 0 Å². The van der Waals surface area contributed by atoms with Crippen molar-refractivity contribution in [1.29, 1.82) is 0 Å². The Morgan fingerprint density at radius 2 is 2.00 bits per heavy atom. The van der Waals surface area contributed by atoms with Crippen LogP contribution in [0.15, 0.2) is 0 Å². The second kappa shape index (κ2) is 8.53. The van der Waals surface area contributed by atoms with Gasteiger partial charge in [0.25, 0.3) is 0 Å². The minimum Gasteiger partial charge on any atom is -0.466 e. The lowest BCUT2D eigenvalue weighted by Crippen LogP contribution is -2.32. The molecular weight excluding hydrogens is 266 g/mol. The summed E-state index contributed by atoms with van der Waals surface area (Å²) in [5, 5.41) is 3.21. The fourth-order valence-electron chi connectivity index (χ4n) is 2.13. The van der Waals surface area contributed by atoms with Crippen molar-refractivity contribution < 1.29 is 17.9 Å². The van der Waals surface area contributed by atoms with Crippen molar-refractivity contribution in [3.05, 3.63) is 0 Å². The predicted octanol–water partition coefficient (Wildman–Crippen LogP) is 1.13. The van der Waals surface area contributed by atoms with Gasteiger partial charge in [-0.05, 0) is 38.3 Å². The monoisotopic (exact) mass is 291 g/mol. The van der Waals surface area contributed by atoms with Crippen LogP contribution in [0, 0.1) is 5.92 Å². The first-order valence-corrected chi connectivity index (χ1v) is 8.92. The fourth-order valence-corrected chi connectivity index (χ4v) is 3.83. The van der Waals surface area contributed by atoms with Crippen LogP contribution < -0.4 is 5.32 Å². The van der Waals surface area contributed by atoms with E-state index in [4.69, 9.17) is 4.74 Å². The molecule has 112 valence electrons. The van der Waals surface area contributed by atoms with Crippen molar-refractivity contribution in [1.82, 2.24) is 5.32 Å². The Kier molecular flexibility index (Phi) is 7.38. The molecule has 1 aliphatic heterocycles. The van der Waals surface area contributed by atoms with E-state index in [1.165, 1.54) is 0 Å². The van der Waals surface area contributed by atoms with Gasteiger partial charge >= 0.3 is 5.97 Å². The van der Waals surface area contributed by atoms with E-state index in [1.54, 1.807) is 0 Å². The lowest BCUT2D eigenvalue weighted by molar-refractivity contribution is -0.143. The number of esters is 1. The summed E-state index contributed by atoms with van der Waals surface area (Å²) >= 11 is 0. The Morgan fingerprint density at radius 3 is 2.63 bits per heavy atom. The number of unbranched alkanes of at least 4 members (excludes halogenated alkanes) is 1. The molecule has 0 aliphatic carbocycles. The minimum atomic E-state index is -3.14. The van der Waals surface area contributed by atoms with Crippen LogP contribution in [0.25, 0.3) is 0 Å². The molecule has 6 heteroatoms. The van der Waals surface area contributed by atoms with Crippen LogP contribution in [-0.4, -0.2) is 45.6 Å². The first-order valence-electron chi connectivity index (χ1n) is 7.10. The van der Waals surface area contributed by atoms with Gasteiger partial charge in [0, 0.05) is 0 Å². The van der Waals surface area contributed by atoms with E-state index in [9.17, 15) is 13.2 Å². The number of nitrogens with one attached hydrogen (secondary N) is 1. The van der Waals surface area contributed by atoms with E-state index in [0.717, 1.165) is 38.8 Å². The van der Waals surface area contributed by atoms with Crippen molar-refractivity contribution in [2.75, 3.05) is 31.2 Å². The number of carbonyl (C=O) groups is 1. The van der Waals surface area contributed by atoms with Crippen LogP contribution in [-0.2, 0) is 19.4 Å². The average Bonchev–Trinajstić information content (AvgIpc) is 2.38. The van der Waals surface area contributed by atoms with Gasteiger partial charge in [-0.3, -0.25) is 4.79 Å². The first-order chi connectivity index (χ1) is 9.03. The van der Waals surface area contributed by atoms with Crippen LogP contribution in [0.2, 0.25) is 0 Å². The second-order valence-corrected chi connectivity index (χ2v) is 7.36. The summed E-state index contributed by atoms with van der Waals surface area (Å²) in [6.07, 6.45) is 3.58. The molecule has 5 nitrogen and oxygen atoms in total. The molecule has 0 aromatic heterocycles. The van der Waals surface area contributed by atoms with Crippen molar-refractivity contribution in [3.8, 4) is 0 Å². The molecule has 1 aliphatic rings. The van der Waals surface area contributed by atoms with Gasteiger partial charge in [0.2, 0.25) is 0 Å². The van der Waals surface area contributed by atoms with Gasteiger partial charge in [-0.15, -0.1) is 0 Å². The minimum absolute atomic E-state index is 0.0168. The number of carbonyl (C=O) groups excluding carboxylic acids is 1. The number of ether oxygens (including phenoxy) is 1. The first kappa shape index (κ1) is 16.4. The van der Waals surface area contributed by atoms with Crippen molar-refractivity contribution in [2.45, 2.75) is 39.0 Å². The molecule has 0 saturated carbocycles. The molecule has 1 rings (SSSR count). The molecule has 1 fully saturated rings. The largest absolute Gasteiger partial charge is 0.466 e. The number of hydrogen-bond donors (Lipinski definition) is 1. The Morgan fingerprint density at radius 1 is 1.32 bits per heavy atom. The van der Waals surface area contributed by atoms with Crippen molar-refractivity contribution in [2.24, 2.45) is 5.92 Å². The molecule has 0 unspecified atom stereocenters. The van der Waals surface area contributed by atoms with Gasteiger partial charge in [-0.1, -0.05) is 13.3 Å². The van der Waals surface area contributed by atoms with Gasteiger partial charge in [0.15, 0.2) is 9.84 Å². The van der Waals surface area contributed by atoms with Crippen LogP contribution in [0.4, 0.5) is 0 Å². The molecule has 0 spiro atoms. The molecule has 1 N–H and O–H groups in total. The maximum Gasteiger partial charge on any atom is 0.306 e. The van der Waals surface area contributed by atoms with E-state index in [0.29, 0.717) is 6.61 Å². The lowest BCUT2D eigenvalue weighted by atomic mass is 10.0. The molecule has 1 saturated heterocycles. The van der Waals surface area contributed by atoms with Gasteiger partial charge in [0.05, 0.1) is 24.5 Å². The van der Waals surface area contributed by atoms with E-state index in [1.807, 2.05) is 6.92 Å². The molecule has 0 amide bonds. The zero-order chi connectivity index (χ0) is 14.1. The van der Waals surface area contributed by atoms with Crippen LogP contribution in [0.1, 0.15) is 39.0 Å². The van der Waals surface area contributed by atoms with E-state index in [2.05, 4.69) is 5.32 Å². The normalized spacial score (nSPS) is 17.3. The maximum atomic E-state index is 11.9. The highest BCUT2D eigenvalue weighted by Gasteiger charge is 2.22. The number of sulfone groups is 1. The maximum absolute atomic E-state index is 11.9. The molecule has 0 bridgehead atoms. The van der Waals surface area contributed by atoms with Gasteiger partial charge in [-0.2, -0.15) is 0 Å². The molecule has 0 aromatic carbocycles. The van der Waals surface area contributed by atoms with Crippen molar-refractivity contribution >= 4 is 15.8 Å². The van der Waals surface area contributed by atoms with Crippen molar-refractivity contribution in [3.63, 3.8) is 0 Å². The molecule has 0 atom stereocenters. The summed E-state index contributed by atoms with van der Waals surface area (Å²) in [4.78, 5) is 11.4. The van der Waals surface area contributed by atoms with Crippen LogP contribution in [0.5, 0.6) is 0 Å². The van der Waals surface area contributed by atoms with E-state index in [-0.39, 0.29) is 23.8 Å². The third-order valence-electron chi connectivity index (χ3n) is 3.33. The Balaban J connectivity index is 2.23. The predicted molar refractivity (Wildman–Crippen MR) is 74.7 cm³/mol. The van der Waals surface area contributed by atoms with E-state index >= 15 is 0 Å². The number of rotatable bonds is 8. The highest BCUT2D eigenvalue weighted by Crippen LogP contribution is 2.15. The second-order valence-electron chi connectivity index (χ2n) is 5.13. The van der Waals surface area contributed by atoms with E-state index < -0.39 is 15.8 Å². The summed E-state index contributed by atoms with van der Waals surface area (Å²) in [6, 6.07) is 0. The topological polar surface area (TPSA) is 72.5 Å². The molecule has 0 radical (unpaired) electrons. The summed E-state index contributed by atoms with van der Waals surface area (Å²) in [6.45, 7) is 4.18. The average molecular weight is 291 g/mol. The zero-order valence-electron chi connectivity index (χ0n) is 11.7. The highest BCUT2D eigenvalue weighted by molar-refractivity contribution is 7.91. The highest BCUT2D eigenvalue weighted by atomic mass is 32.2. The molecule has 0 aromatic rings. The molecular formula is C13H25NO4S. The lowest BCUT2D eigenvalue weighted by Gasteiger charge is -2.22. The Bertz CT molecular complexity index is 361. The zero-order valence-corrected chi connectivity index (χ0v) is 12.5. The summed E-state index contributed by atoms with van der Waals surface area (Å²) < 4.78 is 28.8. The summed E-state index contributed by atoms with van der Waals surface area (Å²) in [5.41, 5.74) is 0. The summed E-state index contributed by atoms with van der Waals surface area (Å²) in [5.74, 6) is -0.0385. The van der Waals surface area contributed by atoms with Gasteiger partial charge in [0.1, 0.15) is 0 Å². The molecule has 19 heavy (non-hydrogen) atoms. The fraction of sp³-hybridized carbons (Fsp3) is 0.923. The third kappa shape index (κ3) is 7.52. The summed E-state index contributed by atoms with van der Waals surface area (Å²) in [7, 11) is -3.14. The number of hydrogen-bond acceptors (Lipinski definition) is 5. The standard InChI is InChI=1S/C13H25NO4S/c1-2-3-9-18-13(15)6-10-19(16,17)11-12-4-7-14-8-5-12/h12,14H,2-11H2,1H3. The number of piperidine rings is 1. The quantitative estimate of drug-likeness (QED) is 0.536. The van der Waals surface area contributed by atoms with Gasteiger partial charge < -0.3 is 10.1 Å². The molecule has 1 heterocycles. The third-order valence-corrected chi connectivity index (χ3v) is 5.13. The SMILES string of the molecule is CCCCOC(=O)CCS(=O)(=O)CC1CCNCC1.